The smallest absolute Gasteiger partial charge is 0.392 e. The van der Waals surface area contributed by atoms with Gasteiger partial charge in [-0.3, -0.25) is 4.79 Å². The van der Waals surface area contributed by atoms with E-state index < -0.39 is 11.2 Å². The lowest BCUT2D eigenvalue weighted by molar-refractivity contribution is -0.149. The van der Waals surface area contributed by atoms with Crippen molar-refractivity contribution in [1.29, 1.82) is 0 Å². The van der Waals surface area contributed by atoms with Gasteiger partial charge in [0, 0.05) is 0 Å². The third-order valence-corrected chi connectivity index (χ3v) is 0.767. The van der Waals surface area contributed by atoms with Crippen LogP contribution in [0, 0.1) is 11.8 Å². The molecule has 0 amide bonds. The molecule has 3 nitrogen and oxygen atoms in total. The molecule has 0 aliphatic carbocycles. The largest absolute Gasteiger partial charge is 0.446 e. The molecular formula is C6H5ClO3. The number of hydrogen-bond donors (Lipinski definition) is 0. The fraction of sp³-hybridized carbons (Fsp3) is 0.333. The molecule has 0 aliphatic heterocycles. The van der Waals surface area contributed by atoms with Crippen molar-refractivity contribution in [3.8, 4) is 11.8 Å². The Hall–Kier alpha value is -1.01. The van der Waals surface area contributed by atoms with Gasteiger partial charge in [-0.1, -0.05) is 5.92 Å². The molecule has 0 N–H and O–H groups in total. The van der Waals surface area contributed by atoms with Crippen LogP contribution in [0.25, 0.3) is 0 Å². The molecule has 10 heavy (non-hydrogen) atoms. The Morgan fingerprint density at radius 1 is 1.60 bits per heavy atom. The molecule has 0 aromatic heterocycles. The van der Waals surface area contributed by atoms with Gasteiger partial charge in [0.2, 0.25) is 0 Å². The highest BCUT2D eigenvalue weighted by atomic mass is 35.5. The van der Waals surface area contributed by atoms with Crippen molar-refractivity contribution >= 4 is 22.8 Å². The number of carbonyl (C=O) groups excluding carboxylic acids is 2. The summed E-state index contributed by atoms with van der Waals surface area (Å²) >= 11 is 4.75. The van der Waals surface area contributed by atoms with Crippen molar-refractivity contribution in [2.45, 2.75) is 6.92 Å². The first-order valence-electron chi connectivity index (χ1n) is 2.44. The van der Waals surface area contributed by atoms with Crippen LogP contribution in [0.5, 0.6) is 0 Å². The molecule has 0 aromatic carbocycles. The first-order valence-corrected chi connectivity index (χ1v) is 2.82. The van der Waals surface area contributed by atoms with E-state index in [4.69, 9.17) is 11.6 Å². The summed E-state index contributed by atoms with van der Waals surface area (Å²) in [6.45, 7) is 1.50. The maximum Gasteiger partial charge on any atom is 0.392 e. The summed E-state index contributed by atoms with van der Waals surface area (Å²) in [5.74, 6) is 3.85. The average molecular weight is 161 g/mol. The minimum absolute atomic E-state index is 0.0895. The molecule has 0 rings (SSSR count). The van der Waals surface area contributed by atoms with Crippen molar-refractivity contribution in [3.05, 3.63) is 0 Å². The van der Waals surface area contributed by atoms with Gasteiger partial charge in [0.1, 0.15) is 0 Å². The lowest BCUT2D eigenvalue weighted by Gasteiger charge is -1.91. The summed E-state index contributed by atoms with van der Waals surface area (Å²) in [4.78, 5) is 20.2. The second-order valence-electron chi connectivity index (χ2n) is 1.28. The molecule has 0 saturated carbocycles. The second kappa shape index (κ2) is 4.83. The van der Waals surface area contributed by atoms with E-state index in [9.17, 15) is 9.59 Å². The monoisotopic (exact) mass is 160 g/mol. The second-order valence-corrected chi connectivity index (χ2v) is 1.62. The molecule has 0 aromatic rings. The van der Waals surface area contributed by atoms with Gasteiger partial charge in [0.05, 0.1) is 0 Å². The Bertz CT molecular complexity index is 199. The Morgan fingerprint density at radius 3 is 2.60 bits per heavy atom. The Morgan fingerprint density at radius 2 is 2.20 bits per heavy atom. The van der Waals surface area contributed by atoms with E-state index in [0.29, 0.717) is 0 Å². The van der Waals surface area contributed by atoms with E-state index in [2.05, 4.69) is 16.6 Å². The molecular weight excluding hydrogens is 156 g/mol. The molecule has 0 radical (unpaired) electrons. The summed E-state index contributed by atoms with van der Waals surface area (Å²) in [7, 11) is 0. The number of hydrogen-bond acceptors (Lipinski definition) is 3. The van der Waals surface area contributed by atoms with Crippen LogP contribution in [0.2, 0.25) is 0 Å². The number of halogens is 1. The maximum absolute atomic E-state index is 10.2. The van der Waals surface area contributed by atoms with Crippen LogP contribution >= 0.6 is 11.6 Å². The van der Waals surface area contributed by atoms with E-state index in [1.54, 1.807) is 6.92 Å². The molecule has 0 spiro atoms. The van der Waals surface area contributed by atoms with Crippen molar-refractivity contribution < 1.29 is 14.3 Å². The van der Waals surface area contributed by atoms with Crippen LogP contribution in [0.3, 0.4) is 0 Å². The van der Waals surface area contributed by atoms with Crippen molar-refractivity contribution in [1.82, 2.24) is 0 Å². The quantitative estimate of drug-likeness (QED) is 0.253. The zero-order valence-corrected chi connectivity index (χ0v) is 6.07. The summed E-state index contributed by atoms with van der Waals surface area (Å²) < 4.78 is 4.25. The van der Waals surface area contributed by atoms with Crippen molar-refractivity contribution in [2.24, 2.45) is 0 Å². The number of rotatable bonds is 2. The number of ether oxygens (including phenoxy) is 1. The molecule has 0 bridgehead atoms. The van der Waals surface area contributed by atoms with Gasteiger partial charge in [0.15, 0.2) is 6.61 Å². The van der Waals surface area contributed by atoms with Gasteiger partial charge in [-0.25, -0.2) is 4.79 Å². The zero-order chi connectivity index (χ0) is 7.98. The van der Waals surface area contributed by atoms with Crippen LogP contribution < -0.4 is 0 Å². The average Bonchev–Trinajstić information content (AvgIpc) is 1.88. The van der Waals surface area contributed by atoms with Crippen molar-refractivity contribution in [3.63, 3.8) is 0 Å². The molecule has 0 heterocycles. The van der Waals surface area contributed by atoms with E-state index in [0.717, 1.165) is 0 Å². The zero-order valence-electron chi connectivity index (χ0n) is 5.31. The normalized spacial score (nSPS) is 7.40. The van der Waals surface area contributed by atoms with Gasteiger partial charge in [-0.05, 0) is 18.5 Å². The molecule has 0 unspecified atom stereocenters. The Kier molecular flexibility index (Phi) is 4.34. The highest BCUT2D eigenvalue weighted by Crippen LogP contribution is 1.84. The lowest BCUT2D eigenvalue weighted by atomic mass is 10.6. The van der Waals surface area contributed by atoms with E-state index >= 15 is 0 Å². The lowest BCUT2D eigenvalue weighted by Crippen LogP contribution is -2.11. The minimum Gasteiger partial charge on any atom is -0.446 e. The highest BCUT2D eigenvalue weighted by molar-refractivity contribution is 6.80. The predicted octanol–water partition coefficient (Wildman–Crippen LogP) is 0.318. The molecule has 0 fully saturated rings. The maximum atomic E-state index is 10.2. The van der Waals surface area contributed by atoms with Crippen LogP contribution in [0.1, 0.15) is 6.92 Å². The number of esters is 1. The van der Waals surface area contributed by atoms with Gasteiger partial charge < -0.3 is 4.74 Å². The first-order chi connectivity index (χ1) is 4.68. The Balaban J connectivity index is 3.57. The SMILES string of the molecule is CC#CCOC(=O)C(=O)Cl. The van der Waals surface area contributed by atoms with E-state index in [1.165, 1.54) is 0 Å². The summed E-state index contributed by atoms with van der Waals surface area (Å²) in [6, 6.07) is 0. The summed E-state index contributed by atoms with van der Waals surface area (Å²) in [6.07, 6.45) is 0. The fourth-order valence-corrected chi connectivity index (χ4v) is 0.285. The van der Waals surface area contributed by atoms with Crippen LogP contribution in [0.15, 0.2) is 0 Å². The van der Waals surface area contributed by atoms with Crippen LogP contribution in [-0.2, 0) is 14.3 Å². The van der Waals surface area contributed by atoms with E-state index in [1.807, 2.05) is 0 Å². The van der Waals surface area contributed by atoms with Crippen LogP contribution in [-0.4, -0.2) is 17.8 Å². The van der Waals surface area contributed by atoms with Gasteiger partial charge >= 0.3 is 11.2 Å². The molecule has 54 valence electrons. The number of carbonyl (C=O) groups is 2. The molecule has 4 heteroatoms. The summed E-state index contributed by atoms with van der Waals surface area (Å²) in [5.41, 5.74) is 0. The van der Waals surface area contributed by atoms with Crippen molar-refractivity contribution in [2.75, 3.05) is 6.61 Å². The third kappa shape index (κ3) is 3.93. The molecule has 0 atom stereocenters. The fourth-order valence-electron chi connectivity index (χ4n) is 0.231. The standard InChI is InChI=1S/C6H5ClO3/c1-2-3-4-10-6(9)5(7)8/h4H2,1H3. The highest BCUT2D eigenvalue weighted by Gasteiger charge is 2.09. The summed E-state index contributed by atoms with van der Waals surface area (Å²) in [5, 5.41) is -1.13. The van der Waals surface area contributed by atoms with Gasteiger partial charge in [-0.15, -0.1) is 5.92 Å². The minimum atomic E-state index is -1.13. The predicted molar refractivity (Wildman–Crippen MR) is 35.3 cm³/mol. The van der Waals surface area contributed by atoms with E-state index in [-0.39, 0.29) is 6.61 Å². The molecule has 0 saturated heterocycles. The molecule has 0 aliphatic rings. The van der Waals surface area contributed by atoms with Crippen LogP contribution in [0.4, 0.5) is 0 Å². The Labute approximate surface area is 63.3 Å². The third-order valence-electron chi connectivity index (χ3n) is 0.613. The van der Waals surface area contributed by atoms with Gasteiger partial charge in [0.25, 0.3) is 0 Å². The van der Waals surface area contributed by atoms with Gasteiger partial charge in [-0.2, -0.15) is 0 Å². The first kappa shape index (κ1) is 8.99. The topological polar surface area (TPSA) is 43.4 Å².